The largest absolute Gasteiger partial charge is 1.00 e. The molecule has 2 nitrogen and oxygen atoms in total. The second kappa shape index (κ2) is 7.09. The van der Waals surface area contributed by atoms with Gasteiger partial charge in [-0.1, -0.05) is 54.6 Å². The number of nitrogens with one attached hydrogen (secondary N) is 1. The Morgan fingerprint density at radius 1 is 0.852 bits per heavy atom. The van der Waals surface area contributed by atoms with Gasteiger partial charge in [0.25, 0.3) is 0 Å². The quantitative estimate of drug-likeness (QED) is 0.412. The number of hydrogen-bond acceptors (Lipinski definition) is 1. The molecular formula is C24H18BrNO. The highest BCUT2D eigenvalue weighted by Crippen LogP contribution is 2.36. The molecule has 0 bridgehead atoms. The van der Waals surface area contributed by atoms with Gasteiger partial charge in [-0.05, 0) is 46.2 Å². The van der Waals surface area contributed by atoms with Crippen molar-refractivity contribution in [3.63, 3.8) is 0 Å². The van der Waals surface area contributed by atoms with Gasteiger partial charge < -0.3 is 17.0 Å². The molecule has 0 fully saturated rings. The highest BCUT2D eigenvalue weighted by Gasteiger charge is 2.20. The van der Waals surface area contributed by atoms with Gasteiger partial charge in [0.1, 0.15) is 0 Å². The van der Waals surface area contributed by atoms with Crippen molar-refractivity contribution in [1.82, 2.24) is 0 Å². The van der Waals surface area contributed by atoms with Crippen LogP contribution in [-0.4, -0.2) is 5.78 Å². The van der Waals surface area contributed by atoms with Crippen LogP contribution in [0.1, 0.15) is 27.2 Å². The van der Waals surface area contributed by atoms with E-state index < -0.39 is 0 Å². The van der Waals surface area contributed by atoms with Crippen LogP contribution in [0.2, 0.25) is 0 Å². The molecule has 0 spiro atoms. The Labute approximate surface area is 168 Å². The third-order valence-corrected chi connectivity index (χ3v) is 5.26. The second-order valence-corrected chi connectivity index (χ2v) is 6.85. The normalized spacial score (nSPS) is 11.6. The van der Waals surface area contributed by atoms with Crippen LogP contribution in [0.5, 0.6) is 0 Å². The number of pyridine rings is 1. The van der Waals surface area contributed by atoms with Gasteiger partial charge in [-0.25, -0.2) is 4.98 Å². The first-order valence-electron chi connectivity index (χ1n) is 8.92. The van der Waals surface area contributed by atoms with Gasteiger partial charge in [-0.2, -0.15) is 0 Å². The summed E-state index contributed by atoms with van der Waals surface area (Å²) < 4.78 is 0. The minimum Gasteiger partial charge on any atom is -1.00 e. The zero-order valence-corrected chi connectivity index (χ0v) is 16.3. The molecule has 1 heterocycles. The molecule has 0 saturated carbocycles. The monoisotopic (exact) mass is 415 g/mol. The number of halogens is 1. The van der Waals surface area contributed by atoms with E-state index in [-0.39, 0.29) is 22.8 Å². The third-order valence-electron chi connectivity index (χ3n) is 5.26. The number of H-pyrrole nitrogens is 1. The number of carbonyl (C=O) groups excluding carboxylic acids is 1. The molecule has 0 radical (unpaired) electrons. The molecule has 5 rings (SSSR count). The molecule has 132 valence electrons. The Kier molecular flexibility index (Phi) is 4.63. The molecule has 1 aliphatic carbocycles. The van der Waals surface area contributed by atoms with Gasteiger partial charge >= 0.3 is 0 Å². The summed E-state index contributed by atoms with van der Waals surface area (Å²) in [7, 11) is 0. The van der Waals surface area contributed by atoms with Crippen LogP contribution in [0, 0.1) is 0 Å². The van der Waals surface area contributed by atoms with E-state index >= 15 is 0 Å². The highest BCUT2D eigenvalue weighted by atomic mass is 79.9. The number of aromatic amines is 1. The number of aromatic nitrogens is 1. The van der Waals surface area contributed by atoms with E-state index in [1.54, 1.807) is 0 Å². The molecule has 1 N–H and O–H groups in total. The lowest BCUT2D eigenvalue weighted by atomic mass is 9.98. The maximum atomic E-state index is 12.9. The van der Waals surface area contributed by atoms with Crippen molar-refractivity contribution < 1.29 is 26.8 Å². The molecule has 0 atom stereocenters. The van der Waals surface area contributed by atoms with Crippen molar-refractivity contribution in [3.05, 3.63) is 101 Å². The molecule has 3 heteroatoms. The summed E-state index contributed by atoms with van der Waals surface area (Å²) in [5.74, 6) is 0.149. The summed E-state index contributed by atoms with van der Waals surface area (Å²) in [4.78, 5) is 16.2. The Morgan fingerprint density at radius 2 is 1.63 bits per heavy atom. The molecular weight excluding hydrogens is 398 g/mol. The predicted octanol–water partition coefficient (Wildman–Crippen LogP) is 1.65. The number of carbonyl (C=O) groups is 1. The lowest BCUT2D eigenvalue weighted by Gasteiger charge is -2.05. The second-order valence-electron chi connectivity index (χ2n) is 6.85. The lowest BCUT2D eigenvalue weighted by molar-refractivity contribution is -0.386. The van der Waals surface area contributed by atoms with Gasteiger partial charge in [0.15, 0.2) is 17.7 Å². The van der Waals surface area contributed by atoms with E-state index in [0.29, 0.717) is 6.42 Å². The van der Waals surface area contributed by atoms with Crippen molar-refractivity contribution in [2.24, 2.45) is 0 Å². The fraction of sp³-hybridized carbons (Fsp3) is 0.0833. The van der Waals surface area contributed by atoms with E-state index in [0.717, 1.165) is 28.5 Å². The van der Waals surface area contributed by atoms with E-state index in [1.807, 2.05) is 30.5 Å². The van der Waals surface area contributed by atoms with Gasteiger partial charge in [0.2, 0.25) is 0 Å². The zero-order chi connectivity index (χ0) is 17.5. The average Bonchev–Trinajstić information content (AvgIpc) is 3.06. The molecule has 27 heavy (non-hydrogen) atoms. The topological polar surface area (TPSA) is 31.2 Å². The van der Waals surface area contributed by atoms with Crippen LogP contribution in [-0.2, 0) is 12.8 Å². The van der Waals surface area contributed by atoms with Gasteiger partial charge in [0.05, 0.1) is 6.42 Å². The van der Waals surface area contributed by atoms with E-state index in [1.165, 1.54) is 22.3 Å². The number of Topliss-reactive ketones (excluding diaryl/α,β-unsaturated/α-hetero) is 1. The molecule has 3 aromatic carbocycles. The highest BCUT2D eigenvalue weighted by molar-refractivity contribution is 6.00. The van der Waals surface area contributed by atoms with E-state index in [4.69, 9.17) is 0 Å². The van der Waals surface area contributed by atoms with Crippen molar-refractivity contribution >= 4 is 16.6 Å². The summed E-state index contributed by atoms with van der Waals surface area (Å²) >= 11 is 0. The number of fused-ring (bicyclic) bond motifs is 4. The van der Waals surface area contributed by atoms with Crippen LogP contribution in [0.25, 0.3) is 21.9 Å². The fourth-order valence-corrected chi connectivity index (χ4v) is 3.95. The first-order valence-corrected chi connectivity index (χ1v) is 8.92. The van der Waals surface area contributed by atoms with Crippen LogP contribution >= 0.6 is 0 Å². The third kappa shape index (κ3) is 3.08. The Bertz CT molecular complexity index is 1160. The van der Waals surface area contributed by atoms with E-state index in [2.05, 4.69) is 53.5 Å². The van der Waals surface area contributed by atoms with E-state index in [9.17, 15) is 4.79 Å². The molecule has 0 aliphatic heterocycles. The molecule has 1 aromatic heterocycles. The summed E-state index contributed by atoms with van der Waals surface area (Å²) in [6.45, 7) is 0. The standard InChI is InChI=1S/C24H17NO.BrH/c26-24(15-23-22-8-4-1-5-16(22)11-12-25-23)18-9-10-21-19(14-18)13-17-6-2-3-7-20(17)21;/h1-12,14H,13,15H2;1H. The first-order chi connectivity index (χ1) is 12.8. The Hall–Kier alpha value is -2.78. The average molecular weight is 416 g/mol. The molecule has 0 amide bonds. The number of benzene rings is 3. The fourth-order valence-electron chi connectivity index (χ4n) is 3.95. The number of rotatable bonds is 3. The Balaban J connectivity index is 0.00000180. The molecule has 1 aliphatic rings. The van der Waals surface area contributed by atoms with Crippen molar-refractivity contribution in [2.45, 2.75) is 12.8 Å². The summed E-state index contributed by atoms with van der Waals surface area (Å²) in [5, 5.41) is 2.26. The summed E-state index contributed by atoms with van der Waals surface area (Å²) in [5.41, 5.74) is 6.90. The smallest absolute Gasteiger partial charge is 0.195 e. The first kappa shape index (κ1) is 17.6. The van der Waals surface area contributed by atoms with Crippen LogP contribution in [0.15, 0.2) is 79.0 Å². The van der Waals surface area contributed by atoms with Crippen LogP contribution < -0.4 is 22.0 Å². The predicted molar refractivity (Wildman–Crippen MR) is 103 cm³/mol. The van der Waals surface area contributed by atoms with Gasteiger partial charge in [-0.15, -0.1) is 0 Å². The molecule has 4 aromatic rings. The van der Waals surface area contributed by atoms with Gasteiger partial charge in [0, 0.05) is 17.0 Å². The van der Waals surface area contributed by atoms with Gasteiger partial charge in [-0.3, -0.25) is 4.79 Å². The maximum Gasteiger partial charge on any atom is 0.195 e. The van der Waals surface area contributed by atoms with Crippen molar-refractivity contribution in [2.75, 3.05) is 0 Å². The molecule has 0 unspecified atom stereocenters. The van der Waals surface area contributed by atoms with Crippen molar-refractivity contribution in [1.29, 1.82) is 0 Å². The minimum atomic E-state index is 0. The minimum absolute atomic E-state index is 0. The number of hydrogen-bond donors (Lipinski definition) is 0. The SMILES string of the molecule is O=C(Cc1[nH+]ccc2ccccc12)c1ccc2c(c1)Cc1ccccc1-2.[Br-]. The maximum absolute atomic E-state index is 12.9. The summed E-state index contributed by atoms with van der Waals surface area (Å²) in [6, 6.07) is 24.8. The lowest BCUT2D eigenvalue weighted by Crippen LogP contribution is -3.00. The van der Waals surface area contributed by atoms with Crippen LogP contribution in [0.4, 0.5) is 0 Å². The Morgan fingerprint density at radius 3 is 2.56 bits per heavy atom. The molecule has 0 saturated heterocycles. The van der Waals surface area contributed by atoms with Crippen LogP contribution in [0.3, 0.4) is 0 Å². The van der Waals surface area contributed by atoms with Crippen molar-refractivity contribution in [3.8, 4) is 11.1 Å². The summed E-state index contributed by atoms with van der Waals surface area (Å²) in [6.07, 6.45) is 3.20. The zero-order valence-electron chi connectivity index (χ0n) is 14.7. The number of ketones is 1.